The molecule has 1 N–H and O–H groups in total. The van der Waals surface area contributed by atoms with Gasteiger partial charge in [0.1, 0.15) is 0 Å². The van der Waals surface area contributed by atoms with Crippen LogP contribution >= 0.6 is 15.9 Å². The zero-order valence-electron chi connectivity index (χ0n) is 11.4. The van der Waals surface area contributed by atoms with Gasteiger partial charge in [0, 0.05) is 28.8 Å². The predicted octanol–water partition coefficient (Wildman–Crippen LogP) is 3.63. The molecule has 0 radical (unpaired) electrons. The van der Waals surface area contributed by atoms with Crippen LogP contribution < -0.4 is 10.1 Å². The second-order valence-electron chi connectivity index (χ2n) is 4.95. The molecule has 1 aromatic carbocycles. The van der Waals surface area contributed by atoms with E-state index in [0.717, 1.165) is 24.9 Å². The Bertz CT molecular complexity index is 615. The molecule has 1 heterocycles. The maximum Gasteiger partial charge on any atom is 0.217 e. The smallest absolute Gasteiger partial charge is 0.217 e. The standard InChI is InChI=1S/C16H17BrN2O/c1-20-16-11(4-3-9-18-16)10-19-15-8-7-12-13(15)5-2-6-14(12)17/h2-6,9,15,19H,7-8,10H2,1H3. The number of nitrogens with one attached hydrogen (secondary N) is 1. The third-order valence-electron chi connectivity index (χ3n) is 3.80. The second kappa shape index (κ2) is 5.94. The minimum Gasteiger partial charge on any atom is -0.481 e. The highest BCUT2D eigenvalue weighted by Crippen LogP contribution is 2.35. The third kappa shape index (κ3) is 2.58. The number of pyridine rings is 1. The summed E-state index contributed by atoms with van der Waals surface area (Å²) in [4.78, 5) is 4.23. The number of hydrogen-bond donors (Lipinski definition) is 1. The third-order valence-corrected chi connectivity index (χ3v) is 4.54. The van der Waals surface area contributed by atoms with Crippen LogP contribution in [-0.2, 0) is 13.0 Å². The van der Waals surface area contributed by atoms with Crippen molar-refractivity contribution in [2.75, 3.05) is 7.11 Å². The van der Waals surface area contributed by atoms with Crippen molar-refractivity contribution in [3.63, 3.8) is 0 Å². The molecular weight excluding hydrogens is 316 g/mol. The highest BCUT2D eigenvalue weighted by atomic mass is 79.9. The van der Waals surface area contributed by atoms with Gasteiger partial charge in [0.25, 0.3) is 0 Å². The molecule has 0 saturated heterocycles. The number of hydrogen-bond acceptors (Lipinski definition) is 3. The van der Waals surface area contributed by atoms with Crippen LogP contribution in [0, 0.1) is 0 Å². The van der Waals surface area contributed by atoms with Gasteiger partial charge in [-0.3, -0.25) is 0 Å². The number of ether oxygens (including phenoxy) is 1. The largest absolute Gasteiger partial charge is 0.481 e. The molecule has 0 aliphatic heterocycles. The molecular formula is C16H17BrN2O. The van der Waals surface area contributed by atoms with Crippen LogP contribution in [0.5, 0.6) is 5.88 Å². The molecule has 104 valence electrons. The normalized spacial score (nSPS) is 17.0. The average molecular weight is 333 g/mol. The van der Waals surface area contributed by atoms with E-state index in [9.17, 15) is 0 Å². The van der Waals surface area contributed by atoms with Crippen LogP contribution in [0.25, 0.3) is 0 Å². The lowest BCUT2D eigenvalue weighted by Gasteiger charge is -2.15. The minimum absolute atomic E-state index is 0.410. The SMILES string of the molecule is COc1ncccc1CNC1CCc2c(Br)cccc21. The van der Waals surface area contributed by atoms with Gasteiger partial charge >= 0.3 is 0 Å². The summed E-state index contributed by atoms with van der Waals surface area (Å²) < 4.78 is 6.51. The zero-order chi connectivity index (χ0) is 13.9. The van der Waals surface area contributed by atoms with Crippen molar-refractivity contribution in [2.24, 2.45) is 0 Å². The molecule has 20 heavy (non-hydrogen) atoms. The van der Waals surface area contributed by atoms with E-state index in [1.54, 1.807) is 13.3 Å². The lowest BCUT2D eigenvalue weighted by Crippen LogP contribution is -2.19. The Labute approximate surface area is 127 Å². The molecule has 1 unspecified atom stereocenters. The molecule has 3 rings (SSSR count). The Balaban J connectivity index is 1.74. The summed E-state index contributed by atoms with van der Waals surface area (Å²) in [5.41, 5.74) is 3.93. The Morgan fingerprint density at radius 2 is 2.25 bits per heavy atom. The first-order valence-electron chi connectivity index (χ1n) is 6.78. The van der Waals surface area contributed by atoms with Crippen molar-refractivity contribution in [1.29, 1.82) is 0 Å². The molecule has 0 fully saturated rings. The van der Waals surface area contributed by atoms with E-state index < -0.39 is 0 Å². The van der Waals surface area contributed by atoms with Gasteiger partial charge in [-0.15, -0.1) is 0 Å². The maximum atomic E-state index is 5.29. The fraction of sp³-hybridized carbons (Fsp3) is 0.312. The summed E-state index contributed by atoms with van der Waals surface area (Å²) >= 11 is 3.64. The van der Waals surface area contributed by atoms with Crippen molar-refractivity contribution < 1.29 is 4.74 Å². The van der Waals surface area contributed by atoms with E-state index in [2.05, 4.69) is 50.5 Å². The van der Waals surface area contributed by atoms with Crippen molar-refractivity contribution in [3.05, 3.63) is 57.7 Å². The van der Waals surface area contributed by atoms with E-state index in [-0.39, 0.29) is 0 Å². The van der Waals surface area contributed by atoms with Crippen LogP contribution in [-0.4, -0.2) is 12.1 Å². The Morgan fingerprint density at radius 3 is 3.10 bits per heavy atom. The van der Waals surface area contributed by atoms with E-state index in [1.165, 1.54) is 15.6 Å². The molecule has 4 heteroatoms. The molecule has 1 aliphatic carbocycles. The van der Waals surface area contributed by atoms with Crippen molar-refractivity contribution in [3.8, 4) is 5.88 Å². The van der Waals surface area contributed by atoms with E-state index in [1.807, 2.05) is 6.07 Å². The van der Waals surface area contributed by atoms with Crippen molar-refractivity contribution in [1.82, 2.24) is 10.3 Å². The van der Waals surface area contributed by atoms with Gasteiger partial charge in [0.2, 0.25) is 5.88 Å². The first-order valence-corrected chi connectivity index (χ1v) is 7.57. The van der Waals surface area contributed by atoms with E-state index >= 15 is 0 Å². The van der Waals surface area contributed by atoms with Gasteiger partial charge in [-0.05, 0) is 36.1 Å². The first kappa shape index (κ1) is 13.6. The van der Waals surface area contributed by atoms with Gasteiger partial charge in [0.05, 0.1) is 7.11 Å². The van der Waals surface area contributed by atoms with Gasteiger partial charge < -0.3 is 10.1 Å². The molecule has 1 aromatic heterocycles. The van der Waals surface area contributed by atoms with E-state index in [4.69, 9.17) is 4.74 Å². The Hall–Kier alpha value is -1.39. The zero-order valence-corrected chi connectivity index (χ0v) is 13.0. The number of methoxy groups -OCH3 is 1. The van der Waals surface area contributed by atoms with Crippen LogP contribution in [0.15, 0.2) is 41.0 Å². The Morgan fingerprint density at radius 1 is 1.35 bits per heavy atom. The van der Waals surface area contributed by atoms with Gasteiger partial charge in [-0.1, -0.05) is 34.1 Å². The summed E-state index contributed by atoms with van der Waals surface area (Å²) in [6.45, 7) is 0.771. The summed E-state index contributed by atoms with van der Waals surface area (Å²) in [6.07, 6.45) is 4.02. The number of benzene rings is 1. The molecule has 0 amide bonds. The Kier molecular flexibility index (Phi) is 4.03. The molecule has 0 spiro atoms. The fourth-order valence-corrected chi connectivity index (χ4v) is 3.38. The highest BCUT2D eigenvalue weighted by Gasteiger charge is 2.23. The number of nitrogens with zero attached hydrogens (tertiary/aromatic N) is 1. The van der Waals surface area contributed by atoms with Crippen LogP contribution in [0.1, 0.15) is 29.2 Å². The number of fused-ring (bicyclic) bond motifs is 1. The quantitative estimate of drug-likeness (QED) is 0.928. The molecule has 0 bridgehead atoms. The maximum absolute atomic E-state index is 5.29. The highest BCUT2D eigenvalue weighted by molar-refractivity contribution is 9.10. The second-order valence-corrected chi connectivity index (χ2v) is 5.81. The van der Waals surface area contributed by atoms with Gasteiger partial charge in [-0.2, -0.15) is 0 Å². The number of rotatable bonds is 4. The molecule has 0 saturated carbocycles. The predicted molar refractivity (Wildman–Crippen MR) is 82.8 cm³/mol. The van der Waals surface area contributed by atoms with Crippen LogP contribution in [0.3, 0.4) is 0 Å². The molecule has 1 atom stereocenters. The van der Waals surface area contributed by atoms with Crippen molar-refractivity contribution in [2.45, 2.75) is 25.4 Å². The number of halogens is 1. The lowest BCUT2D eigenvalue weighted by atomic mass is 10.1. The molecule has 2 aromatic rings. The monoisotopic (exact) mass is 332 g/mol. The van der Waals surface area contributed by atoms with Gasteiger partial charge in [-0.25, -0.2) is 4.98 Å². The topological polar surface area (TPSA) is 34.1 Å². The minimum atomic E-state index is 0.410. The number of aromatic nitrogens is 1. The average Bonchev–Trinajstić information content (AvgIpc) is 2.90. The fourth-order valence-electron chi connectivity index (χ4n) is 2.80. The first-order chi connectivity index (χ1) is 9.79. The van der Waals surface area contributed by atoms with Gasteiger partial charge in [0.15, 0.2) is 0 Å². The lowest BCUT2D eigenvalue weighted by molar-refractivity contribution is 0.388. The van der Waals surface area contributed by atoms with Crippen LogP contribution in [0.2, 0.25) is 0 Å². The summed E-state index contributed by atoms with van der Waals surface area (Å²) in [5, 5.41) is 3.62. The van der Waals surface area contributed by atoms with E-state index in [0.29, 0.717) is 11.9 Å². The molecule has 1 aliphatic rings. The summed E-state index contributed by atoms with van der Waals surface area (Å²) in [6, 6.07) is 10.8. The van der Waals surface area contributed by atoms with Crippen LogP contribution in [0.4, 0.5) is 0 Å². The molecule has 3 nitrogen and oxygen atoms in total. The summed E-state index contributed by atoms with van der Waals surface area (Å²) in [5.74, 6) is 0.701. The van der Waals surface area contributed by atoms with Crippen molar-refractivity contribution >= 4 is 15.9 Å². The summed E-state index contributed by atoms with van der Waals surface area (Å²) in [7, 11) is 1.66.